The predicted octanol–water partition coefficient (Wildman–Crippen LogP) is 3.80. The Morgan fingerprint density at radius 2 is 2.08 bits per heavy atom. The molecule has 0 unspecified atom stereocenters. The number of benzene rings is 1. The fourth-order valence-corrected chi connectivity index (χ4v) is 2.52. The Balaban J connectivity index is 1.82. The summed E-state index contributed by atoms with van der Waals surface area (Å²) in [5.74, 6) is 0.775. The monoisotopic (exact) mass is 368 g/mol. The number of thioether (sulfide) groups is 1. The van der Waals surface area contributed by atoms with Crippen molar-refractivity contribution in [2.24, 2.45) is 0 Å². The summed E-state index contributed by atoms with van der Waals surface area (Å²) in [5, 5.41) is 12.6. The molecule has 0 aliphatic carbocycles. The largest absolute Gasteiger partial charge is 0.363 e. The summed E-state index contributed by atoms with van der Waals surface area (Å²) in [4.78, 5) is 21.1. The fraction of sp³-hybridized carbons (Fsp3) is 0.0588. The van der Waals surface area contributed by atoms with E-state index in [4.69, 9.17) is 4.52 Å². The third kappa shape index (κ3) is 4.39. The Kier molecular flexibility index (Phi) is 5.49. The van der Waals surface area contributed by atoms with Crippen molar-refractivity contribution in [2.75, 3.05) is 22.2 Å². The maximum atomic E-state index is 11.5. The van der Waals surface area contributed by atoms with Crippen LogP contribution in [0.25, 0.3) is 0 Å². The van der Waals surface area contributed by atoms with Crippen LogP contribution < -0.4 is 16.0 Å². The third-order valence-corrected chi connectivity index (χ3v) is 3.98. The van der Waals surface area contributed by atoms with Gasteiger partial charge in [0.25, 0.3) is 0 Å². The highest BCUT2D eigenvalue weighted by Crippen LogP contribution is 2.28. The number of amides is 1. The van der Waals surface area contributed by atoms with Crippen molar-refractivity contribution in [3.8, 4) is 0 Å². The molecule has 1 aromatic carbocycles. The van der Waals surface area contributed by atoms with Gasteiger partial charge >= 0.3 is 0 Å². The van der Waals surface area contributed by atoms with Crippen LogP contribution in [-0.4, -0.2) is 27.3 Å². The Morgan fingerprint density at radius 1 is 1.23 bits per heavy atom. The van der Waals surface area contributed by atoms with Crippen LogP contribution in [0.1, 0.15) is 0 Å². The van der Waals surface area contributed by atoms with Gasteiger partial charge in [-0.15, -0.1) is 11.8 Å². The minimum Gasteiger partial charge on any atom is -0.363 e. The molecule has 0 atom stereocenters. The molecule has 0 saturated heterocycles. The van der Waals surface area contributed by atoms with Crippen molar-refractivity contribution in [1.29, 1.82) is 0 Å². The van der Waals surface area contributed by atoms with Gasteiger partial charge in [-0.1, -0.05) is 17.8 Å². The minimum absolute atomic E-state index is 0.269. The van der Waals surface area contributed by atoms with Gasteiger partial charge in [-0.05, 0) is 30.5 Å². The van der Waals surface area contributed by atoms with E-state index < -0.39 is 0 Å². The molecule has 0 saturated carbocycles. The van der Waals surface area contributed by atoms with E-state index in [9.17, 15) is 4.79 Å². The highest BCUT2D eigenvalue weighted by molar-refractivity contribution is 7.98. The van der Waals surface area contributed by atoms with Crippen LogP contribution in [0.15, 0.2) is 65.0 Å². The lowest BCUT2D eigenvalue weighted by molar-refractivity contribution is -0.111. The van der Waals surface area contributed by atoms with Crippen molar-refractivity contribution in [3.05, 3.63) is 55.6 Å². The van der Waals surface area contributed by atoms with E-state index in [1.54, 1.807) is 18.3 Å². The molecule has 0 fully saturated rings. The standard InChI is InChI=1S/C17H16N6O2S/c1-3-15(24)20-11-5-4-6-12(7-11)21-16-14(26-2)9-18-17(23-16)22-13-8-19-25-10-13/h3-10H,1H2,2H3,(H,20,24)(H2,18,21,22,23). The quantitative estimate of drug-likeness (QED) is 0.427. The molecule has 3 rings (SSSR count). The third-order valence-electron chi connectivity index (χ3n) is 3.24. The maximum absolute atomic E-state index is 11.5. The molecule has 9 heteroatoms. The molecular formula is C17H16N6O2S. The van der Waals surface area contributed by atoms with E-state index in [1.165, 1.54) is 30.3 Å². The zero-order valence-electron chi connectivity index (χ0n) is 13.9. The number of hydrogen-bond donors (Lipinski definition) is 3. The fourth-order valence-electron chi connectivity index (χ4n) is 2.07. The molecule has 0 aliphatic rings. The number of rotatable bonds is 7. The van der Waals surface area contributed by atoms with E-state index in [0.717, 1.165) is 10.6 Å². The van der Waals surface area contributed by atoms with Crippen molar-refractivity contribution in [3.63, 3.8) is 0 Å². The number of anilines is 5. The van der Waals surface area contributed by atoms with Crippen molar-refractivity contribution in [2.45, 2.75) is 4.90 Å². The van der Waals surface area contributed by atoms with Crippen molar-refractivity contribution in [1.82, 2.24) is 15.1 Å². The first-order valence-corrected chi connectivity index (χ1v) is 8.78. The molecule has 2 heterocycles. The second-order valence-electron chi connectivity index (χ2n) is 5.05. The molecule has 0 radical (unpaired) electrons. The van der Waals surface area contributed by atoms with Crippen LogP contribution in [0.4, 0.5) is 28.8 Å². The second kappa shape index (κ2) is 8.17. The summed E-state index contributed by atoms with van der Waals surface area (Å²) in [5.41, 5.74) is 2.08. The van der Waals surface area contributed by atoms with E-state index in [1.807, 2.05) is 18.4 Å². The summed E-state index contributed by atoms with van der Waals surface area (Å²) in [6.07, 6.45) is 7.88. The zero-order chi connectivity index (χ0) is 18.4. The maximum Gasteiger partial charge on any atom is 0.247 e. The summed E-state index contributed by atoms with van der Waals surface area (Å²) in [6, 6.07) is 7.31. The first-order valence-electron chi connectivity index (χ1n) is 7.56. The molecular weight excluding hydrogens is 352 g/mol. The van der Waals surface area contributed by atoms with Gasteiger partial charge in [0, 0.05) is 17.6 Å². The Bertz CT molecular complexity index is 913. The SMILES string of the molecule is C=CC(=O)Nc1cccc(Nc2nc(Nc3cnoc3)ncc2SC)c1. The topological polar surface area (TPSA) is 105 Å². The molecule has 3 aromatic rings. The highest BCUT2D eigenvalue weighted by Gasteiger charge is 2.09. The number of carbonyl (C=O) groups excluding carboxylic acids is 1. The van der Waals surface area contributed by atoms with Gasteiger partial charge in [0.05, 0.1) is 11.1 Å². The van der Waals surface area contributed by atoms with E-state index in [0.29, 0.717) is 23.1 Å². The zero-order valence-corrected chi connectivity index (χ0v) is 14.7. The van der Waals surface area contributed by atoms with Crippen LogP contribution >= 0.6 is 11.8 Å². The molecule has 0 aliphatic heterocycles. The molecule has 0 spiro atoms. The summed E-state index contributed by atoms with van der Waals surface area (Å²) >= 11 is 1.52. The van der Waals surface area contributed by atoms with Gasteiger partial charge in [0.1, 0.15) is 17.8 Å². The Labute approximate surface area is 154 Å². The van der Waals surface area contributed by atoms with Crippen LogP contribution in [0.2, 0.25) is 0 Å². The predicted molar refractivity (Wildman–Crippen MR) is 102 cm³/mol. The minimum atomic E-state index is -0.269. The van der Waals surface area contributed by atoms with Gasteiger partial charge in [0.15, 0.2) is 0 Å². The first kappa shape index (κ1) is 17.5. The van der Waals surface area contributed by atoms with Gasteiger partial charge in [-0.2, -0.15) is 4.98 Å². The van der Waals surface area contributed by atoms with E-state index in [2.05, 4.69) is 37.7 Å². The lowest BCUT2D eigenvalue weighted by atomic mass is 10.2. The molecule has 26 heavy (non-hydrogen) atoms. The average molecular weight is 368 g/mol. The average Bonchev–Trinajstić information content (AvgIpc) is 3.15. The molecule has 0 bridgehead atoms. The molecule has 132 valence electrons. The lowest BCUT2D eigenvalue weighted by Crippen LogP contribution is -2.07. The molecule has 2 aromatic heterocycles. The lowest BCUT2D eigenvalue weighted by Gasteiger charge is -2.12. The van der Waals surface area contributed by atoms with E-state index >= 15 is 0 Å². The second-order valence-corrected chi connectivity index (χ2v) is 5.90. The van der Waals surface area contributed by atoms with Crippen LogP contribution in [0, 0.1) is 0 Å². The number of carbonyl (C=O) groups is 1. The summed E-state index contributed by atoms with van der Waals surface area (Å²) in [7, 11) is 0. The number of aromatic nitrogens is 3. The first-order chi connectivity index (χ1) is 12.7. The molecule has 3 N–H and O–H groups in total. The summed E-state index contributed by atoms with van der Waals surface area (Å²) < 4.78 is 4.78. The smallest absolute Gasteiger partial charge is 0.247 e. The number of nitrogens with one attached hydrogen (secondary N) is 3. The molecule has 8 nitrogen and oxygen atoms in total. The highest BCUT2D eigenvalue weighted by atomic mass is 32.2. The molecule has 1 amide bonds. The van der Waals surface area contributed by atoms with Crippen LogP contribution in [0.5, 0.6) is 0 Å². The summed E-state index contributed by atoms with van der Waals surface area (Å²) in [6.45, 7) is 3.44. The normalized spacial score (nSPS) is 10.2. The van der Waals surface area contributed by atoms with Gasteiger partial charge in [-0.3, -0.25) is 4.79 Å². The number of hydrogen-bond acceptors (Lipinski definition) is 8. The van der Waals surface area contributed by atoms with Gasteiger partial charge in [0.2, 0.25) is 11.9 Å². The van der Waals surface area contributed by atoms with E-state index in [-0.39, 0.29) is 5.91 Å². The van der Waals surface area contributed by atoms with Crippen LogP contribution in [-0.2, 0) is 4.79 Å². The van der Waals surface area contributed by atoms with Gasteiger partial charge in [-0.25, -0.2) is 4.98 Å². The van der Waals surface area contributed by atoms with Crippen molar-refractivity contribution >= 4 is 46.5 Å². The Morgan fingerprint density at radius 3 is 2.81 bits per heavy atom. The van der Waals surface area contributed by atoms with Gasteiger partial charge < -0.3 is 20.5 Å². The Hall–Kier alpha value is -3.33. The number of nitrogens with zero attached hydrogens (tertiary/aromatic N) is 3. The van der Waals surface area contributed by atoms with Crippen LogP contribution in [0.3, 0.4) is 0 Å². The van der Waals surface area contributed by atoms with Crippen molar-refractivity contribution < 1.29 is 9.32 Å².